The van der Waals surface area contributed by atoms with Gasteiger partial charge in [0.1, 0.15) is 8.07 Å². The maximum absolute atomic E-state index is 11.2. The normalized spacial score (nSPS) is 21.7. The molecule has 154 valence electrons. The van der Waals surface area contributed by atoms with Gasteiger partial charge in [0.05, 0.1) is 17.1 Å². The minimum atomic E-state index is -2.17. The van der Waals surface area contributed by atoms with E-state index in [0.29, 0.717) is 6.42 Å². The third kappa shape index (κ3) is 4.12. The second-order valence-electron chi connectivity index (χ2n) is 8.04. The molecule has 1 heterocycles. The number of carbonyl (C=O) groups is 1. The number of allylic oxidation sites excluding steroid dienone is 4. The SMILES string of the molecule is CC/N=C1/C=C2C(=Nc3cc(C)c(NCC)cc3[Si]2(C)CCCC(=O)O)C=C1C. The second-order valence-corrected chi connectivity index (χ2v) is 12.3. The van der Waals surface area contributed by atoms with Gasteiger partial charge >= 0.3 is 5.97 Å². The molecule has 2 N–H and O–H groups in total. The predicted molar refractivity (Wildman–Crippen MR) is 125 cm³/mol. The minimum absolute atomic E-state index is 0.203. The van der Waals surface area contributed by atoms with Crippen LogP contribution < -0.4 is 10.5 Å². The first-order valence-corrected chi connectivity index (χ1v) is 13.2. The van der Waals surface area contributed by atoms with Crippen molar-refractivity contribution in [1.29, 1.82) is 0 Å². The zero-order valence-corrected chi connectivity index (χ0v) is 19.1. The van der Waals surface area contributed by atoms with Crippen LogP contribution in [0.15, 0.2) is 45.0 Å². The van der Waals surface area contributed by atoms with Crippen LogP contribution in [0.25, 0.3) is 0 Å². The quantitative estimate of drug-likeness (QED) is 0.512. The Morgan fingerprint density at radius 1 is 1.24 bits per heavy atom. The number of rotatable bonds is 7. The molecule has 1 unspecified atom stereocenters. The van der Waals surface area contributed by atoms with E-state index >= 15 is 0 Å². The molecule has 3 rings (SSSR count). The Balaban J connectivity index is 2.18. The van der Waals surface area contributed by atoms with Gasteiger partial charge < -0.3 is 10.4 Å². The molecule has 6 heteroatoms. The predicted octanol–water partition coefficient (Wildman–Crippen LogP) is 4.55. The molecule has 0 saturated heterocycles. The molecule has 2 aliphatic rings. The van der Waals surface area contributed by atoms with E-state index in [1.807, 2.05) is 6.92 Å². The van der Waals surface area contributed by atoms with Crippen LogP contribution in [-0.4, -0.2) is 43.7 Å². The summed E-state index contributed by atoms with van der Waals surface area (Å²) in [7, 11) is -2.17. The summed E-state index contributed by atoms with van der Waals surface area (Å²) < 4.78 is 0. The van der Waals surface area contributed by atoms with Crippen LogP contribution in [0.1, 0.15) is 39.2 Å². The van der Waals surface area contributed by atoms with Gasteiger partial charge in [0.15, 0.2) is 0 Å². The van der Waals surface area contributed by atoms with Crippen molar-refractivity contribution >= 4 is 42.0 Å². The Morgan fingerprint density at radius 3 is 2.66 bits per heavy atom. The molecular weight excluding hydrogens is 378 g/mol. The fourth-order valence-corrected chi connectivity index (χ4v) is 8.32. The Morgan fingerprint density at radius 2 is 2.00 bits per heavy atom. The van der Waals surface area contributed by atoms with Gasteiger partial charge in [-0.05, 0) is 86.0 Å². The number of aliphatic carboxylic acids is 1. The van der Waals surface area contributed by atoms with Crippen LogP contribution in [-0.2, 0) is 4.79 Å². The molecule has 29 heavy (non-hydrogen) atoms. The van der Waals surface area contributed by atoms with E-state index in [1.54, 1.807) is 0 Å². The number of aliphatic imine (C=N–C) groups is 2. The van der Waals surface area contributed by atoms with Crippen molar-refractivity contribution in [3.05, 3.63) is 40.6 Å². The third-order valence-corrected chi connectivity index (χ3v) is 10.4. The van der Waals surface area contributed by atoms with Crippen molar-refractivity contribution in [2.24, 2.45) is 9.98 Å². The number of benzene rings is 1. The lowest BCUT2D eigenvalue weighted by molar-refractivity contribution is -0.137. The highest BCUT2D eigenvalue weighted by molar-refractivity contribution is 7.02. The molecule has 0 spiro atoms. The van der Waals surface area contributed by atoms with Crippen molar-refractivity contribution in [3.63, 3.8) is 0 Å². The number of anilines is 1. The van der Waals surface area contributed by atoms with Gasteiger partial charge in [-0.1, -0.05) is 6.55 Å². The van der Waals surface area contributed by atoms with Crippen LogP contribution in [0.4, 0.5) is 11.4 Å². The summed E-state index contributed by atoms with van der Waals surface area (Å²) >= 11 is 0. The lowest BCUT2D eigenvalue weighted by Crippen LogP contribution is -2.52. The van der Waals surface area contributed by atoms with Crippen LogP contribution in [0, 0.1) is 6.92 Å². The zero-order valence-electron chi connectivity index (χ0n) is 18.1. The van der Waals surface area contributed by atoms with E-state index in [4.69, 9.17) is 4.99 Å². The van der Waals surface area contributed by atoms with Gasteiger partial charge in [0, 0.05) is 25.2 Å². The highest BCUT2D eigenvalue weighted by atomic mass is 28.3. The Bertz CT molecular complexity index is 959. The highest BCUT2D eigenvalue weighted by Gasteiger charge is 2.42. The molecule has 0 bridgehead atoms. The minimum Gasteiger partial charge on any atom is -0.481 e. The second kappa shape index (κ2) is 8.49. The first-order chi connectivity index (χ1) is 13.8. The Hall–Kier alpha value is -2.47. The summed E-state index contributed by atoms with van der Waals surface area (Å²) in [6, 6.07) is 5.33. The van der Waals surface area contributed by atoms with E-state index in [0.717, 1.165) is 47.5 Å². The third-order valence-electron chi connectivity index (χ3n) is 5.85. The summed E-state index contributed by atoms with van der Waals surface area (Å²) in [5.41, 5.74) is 6.58. The smallest absolute Gasteiger partial charge is 0.303 e. The fourth-order valence-electron chi connectivity index (χ4n) is 4.30. The molecule has 0 saturated carbocycles. The van der Waals surface area contributed by atoms with Gasteiger partial charge in [0.2, 0.25) is 0 Å². The summed E-state index contributed by atoms with van der Waals surface area (Å²) in [5, 5.41) is 15.2. The molecule has 1 aromatic rings. The maximum Gasteiger partial charge on any atom is 0.303 e. The van der Waals surface area contributed by atoms with Crippen LogP contribution in [0.5, 0.6) is 0 Å². The van der Waals surface area contributed by atoms with Crippen LogP contribution in [0.2, 0.25) is 12.6 Å². The average molecular weight is 410 g/mol. The number of nitrogens with one attached hydrogen (secondary N) is 1. The standard InChI is InChI=1S/C23H31N3O2Si/c1-6-24-17-13-21-19(11-15(17)3)26-20-12-16(4)18(25-7-2)14-22(20)29(21,5)10-8-9-23(27)28/h11-14,24H,6-10H2,1-5H3,(H,27,28)/b25-18-. The molecule has 5 nitrogen and oxygen atoms in total. The number of carboxylic acid groups (broad SMARTS) is 1. The van der Waals surface area contributed by atoms with E-state index in [9.17, 15) is 9.90 Å². The van der Waals surface area contributed by atoms with Gasteiger partial charge in [-0.3, -0.25) is 9.79 Å². The molecule has 0 aromatic heterocycles. The Labute approximate surface area is 174 Å². The first-order valence-electron chi connectivity index (χ1n) is 10.4. The van der Waals surface area contributed by atoms with E-state index in [2.05, 4.69) is 61.9 Å². The van der Waals surface area contributed by atoms with Gasteiger partial charge in [-0.25, -0.2) is 4.99 Å². The fraction of sp³-hybridized carbons (Fsp3) is 0.435. The molecule has 1 atom stereocenters. The first kappa shape index (κ1) is 21.2. The number of hydrogen-bond acceptors (Lipinski definition) is 4. The highest BCUT2D eigenvalue weighted by Crippen LogP contribution is 2.37. The average Bonchev–Trinajstić information content (AvgIpc) is 2.64. The molecule has 1 aromatic carbocycles. The lowest BCUT2D eigenvalue weighted by Gasteiger charge is -2.37. The van der Waals surface area contributed by atoms with Gasteiger partial charge in [0.25, 0.3) is 0 Å². The van der Waals surface area contributed by atoms with Crippen LogP contribution >= 0.6 is 0 Å². The number of carboxylic acids is 1. The van der Waals surface area contributed by atoms with E-state index < -0.39 is 14.0 Å². The van der Waals surface area contributed by atoms with Crippen molar-refractivity contribution < 1.29 is 9.90 Å². The van der Waals surface area contributed by atoms with Crippen molar-refractivity contribution in [1.82, 2.24) is 0 Å². The molecule has 1 aliphatic heterocycles. The van der Waals surface area contributed by atoms with Gasteiger partial charge in [-0.15, -0.1) is 0 Å². The number of fused-ring (bicyclic) bond motifs is 2. The monoisotopic (exact) mass is 409 g/mol. The van der Waals surface area contributed by atoms with E-state index in [-0.39, 0.29) is 6.42 Å². The van der Waals surface area contributed by atoms with Crippen molar-refractivity contribution in [3.8, 4) is 0 Å². The summed E-state index contributed by atoms with van der Waals surface area (Å²) in [6.07, 6.45) is 5.26. The van der Waals surface area contributed by atoms with Crippen molar-refractivity contribution in [2.75, 3.05) is 18.4 Å². The maximum atomic E-state index is 11.2. The molecule has 1 aliphatic carbocycles. The summed E-state index contributed by atoms with van der Waals surface area (Å²) in [5.74, 6) is -0.730. The molecule has 0 fully saturated rings. The largest absolute Gasteiger partial charge is 0.481 e. The summed E-state index contributed by atoms with van der Waals surface area (Å²) in [4.78, 5) is 20.9. The topological polar surface area (TPSA) is 74.0 Å². The molecular formula is C23H31N3O2Si. The molecule has 0 radical (unpaired) electrons. The van der Waals surface area contributed by atoms with E-state index in [1.165, 1.54) is 15.9 Å². The number of nitrogens with zero attached hydrogens (tertiary/aromatic N) is 2. The van der Waals surface area contributed by atoms with Gasteiger partial charge in [-0.2, -0.15) is 0 Å². The number of aryl methyl sites for hydroxylation is 1. The lowest BCUT2D eigenvalue weighted by atomic mass is 10.0. The zero-order chi connectivity index (χ0) is 21.2. The number of hydrogen-bond donors (Lipinski definition) is 2. The molecule has 0 amide bonds. The van der Waals surface area contributed by atoms with Crippen LogP contribution in [0.3, 0.4) is 0 Å². The Kier molecular flexibility index (Phi) is 6.22. The summed E-state index contributed by atoms with van der Waals surface area (Å²) in [6.45, 7) is 12.3. The van der Waals surface area contributed by atoms with Crippen molar-refractivity contribution in [2.45, 2.75) is 53.1 Å².